The molecule has 0 amide bonds. The molecule has 1 N–H and O–H groups in total. The van der Waals surface area contributed by atoms with Crippen LogP contribution >= 0.6 is 0 Å². The van der Waals surface area contributed by atoms with Crippen LogP contribution in [0.5, 0.6) is 11.5 Å². The zero-order valence-electron chi connectivity index (χ0n) is 8.22. The van der Waals surface area contributed by atoms with E-state index in [2.05, 4.69) is 0 Å². The van der Waals surface area contributed by atoms with E-state index >= 15 is 0 Å². The summed E-state index contributed by atoms with van der Waals surface area (Å²) < 4.78 is 27.3. The Kier molecular flexibility index (Phi) is 2.99. The van der Waals surface area contributed by atoms with Gasteiger partial charge in [0.1, 0.15) is 11.2 Å². The summed E-state index contributed by atoms with van der Waals surface area (Å²) in [4.78, 5) is 10.2. The minimum Gasteiger partial charge on any atom is -0.503 e. The Labute approximate surface area is 87.2 Å². The van der Waals surface area contributed by atoms with Crippen LogP contribution in [-0.2, 0) is 9.84 Å². The third-order valence-corrected chi connectivity index (χ3v) is 2.93. The minimum atomic E-state index is -3.59. The molecule has 0 saturated heterocycles. The van der Waals surface area contributed by atoms with Gasteiger partial charge in [0.15, 0.2) is 21.3 Å². The second kappa shape index (κ2) is 3.90. The van der Waals surface area contributed by atoms with E-state index in [1.807, 2.05) is 0 Å². The predicted octanol–water partition coefficient (Wildman–Crippen LogP) is 0.617. The Morgan fingerprint density at radius 1 is 1.40 bits per heavy atom. The predicted molar refractivity (Wildman–Crippen MR) is 53.2 cm³/mol. The van der Waals surface area contributed by atoms with Crippen LogP contribution in [0.2, 0.25) is 0 Å². The molecule has 0 aliphatic rings. The lowest BCUT2D eigenvalue weighted by molar-refractivity contribution is 0.112. The Morgan fingerprint density at radius 3 is 2.40 bits per heavy atom. The molecule has 1 rings (SSSR count). The monoisotopic (exact) mass is 230 g/mol. The van der Waals surface area contributed by atoms with Gasteiger partial charge < -0.3 is 9.84 Å². The van der Waals surface area contributed by atoms with Gasteiger partial charge in [-0.05, 0) is 12.1 Å². The van der Waals surface area contributed by atoms with E-state index < -0.39 is 15.6 Å². The highest BCUT2D eigenvalue weighted by atomic mass is 32.2. The number of methoxy groups -OCH3 is 1. The summed E-state index contributed by atoms with van der Waals surface area (Å²) in [5.74, 6) is -0.523. The van der Waals surface area contributed by atoms with E-state index in [4.69, 9.17) is 4.74 Å². The average molecular weight is 230 g/mol. The quantitative estimate of drug-likeness (QED) is 0.770. The smallest absolute Gasteiger partial charge is 0.179 e. The first-order valence-corrected chi connectivity index (χ1v) is 5.85. The van der Waals surface area contributed by atoms with Gasteiger partial charge in [-0.25, -0.2) is 8.42 Å². The fraction of sp³-hybridized carbons (Fsp3) is 0.222. The van der Waals surface area contributed by atoms with Crippen molar-refractivity contribution in [3.8, 4) is 11.5 Å². The van der Waals surface area contributed by atoms with Crippen molar-refractivity contribution in [2.45, 2.75) is 4.90 Å². The Morgan fingerprint density at radius 2 is 2.00 bits per heavy atom. The van der Waals surface area contributed by atoms with Crippen LogP contribution in [0.1, 0.15) is 10.4 Å². The van der Waals surface area contributed by atoms with Gasteiger partial charge in [0.2, 0.25) is 0 Å². The van der Waals surface area contributed by atoms with Gasteiger partial charge in [-0.3, -0.25) is 4.79 Å². The molecule has 6 heteroatoms. The highest BCUT2D eigenvalue weighted by Gasteiger charge is 2.18. The Balaban J connectivity index is 3.58. The number of hydrogen-bond donors (Lipinski definition) is 1. The van der Waals surface area contributed by atoms with Crippen LogP contribution in [0.4, 0.5) is 0 Å². The van der Waals surface area contributed by atoms with Crippen LogP contribution in [0, 0.1) is 0 Å². The number of carbonyl (C=O) groups is 1. The first kappa shape index (κ1) is 11.5. The lowest BCUT2D eigenvalue weighted by Gasteiger charge is -2.08. The van der Waals surface area contributed by atoms with E-state index in [0.717, 1.165) is 12.3 Å². The number of carbonyl (C=O) groups excluding carboxylic acids is 1. The molecule has 1 aromatic rings. The molecule has 0 bridgehead atoms. The second-order valence-electron chi connectivity index (χ2n) is 2.96. The number of sulfone groups is 1. The van der Waals surface area contributed by atoms with Crippen molar-refractivity contribution in [1.82, 2.24) is 0 Å². The molecule has 0 aliphatic heterocycles. The Hall–Kier alpha value is -1.56. The zero-order chi connectivity index (χ0) is 11.6. The van der Waals surface area contributed by atoms with E-state index in [1.54, 1.807) is 0 Å². The van der Waals surface area contributed by atoms with Gasteiger partial charge in [0.25, 0.3) is 0 Å². The van der Waals surface area contributed by atoms with Crippen molar-refractivity contribution in [2.75, 3.05) is 13.4 Å². The number of rotatable bonds is 3. The van der Waals surface area contributed by atoms with Crippen molar-refractivity contribution in [3.05, 3.63) is 17.7 Å². The normalized spacial score (nSPS) is 11.1. The average Bonchev–Trinajstić information content (AvgIpc) is 2.16. The van der Waals surface area contributed by atoms with Crippen molar-refractivity contribution in [3.63, 3.8) is 0 Å². The highest BCUT2D eigenvalue weighted by molar-refractivity contribution is 7.90. The molecular formula is C9H10O5S. The van der Waals surface area contributed by atoms with Crippen molar-refractivity contribution >= 4 is 16.1 Å². The number of aromatic hydroxyl groups is 1. The molecule has 0 saturated carbocycles. The van der Waals surface area contributed by atoms with Crippen LogP contribution in [0.15, 0.2) is 17.0 Å². The molecule has 0 aromatic heterocycles. The number of benzene rings is 1. The first-order valence-electron chi connectivity index (χ1n) is 3.96. The van der Waals surface area contributed by atoms with E-state index in [1.165, 1.54) is 13.2 Å². The molecule has 0 spiro atoms. The van der Waals surface area contributed by atoms with Crippen molar-refractivity contribution < 1.29 is 23.1 Å². The van der Waals surface area contributed by atoms with Gasteiger partial charge in [0, 0.05) is 11.8 Å². The molecule has 0 heterocycles. The second-order valence-corrected chi connectivity index (χ2v) is 4.94. The molecule has 82 valence electrons. The molecule has 0 radical (unpaired) electrons. The summed E-state index contributed by atoms with van der Waals surface area (Å²) in [5.41, 5.74) is 0.130. The maximum atomic E-state index is 11.3. The van der Waals surface area contributed by atoms with Crippen LogP contribution in [0.3, 0.4) is 0 Å². The molecule has 15 heavy (non-hydrogen) atoms. The van der Waals surface area contributed by atoms with Gasteiger partial charge >= 0.3 is 0 Å². The fourth-order valence-corrected chi connectivity index (χ4v) is 1.91. The number of aldehydes is 1. The van der Waals surface area contributed by atoms with Crippen LogP contribution in [-0.4, -0.2) is 33.2 Å². The number of hydrogen-bond acceptors (Lipinski definition) is 5. The highest BCUT2D eigenvalue weighted by Crippen LogP contribution is 2.33. The molecule has 0 fully saturated rings. The largest absolute Gasteiger partial charge is 0.503 e. The molecule has 5 nitrogen and oxygen atoms in total. The molecule has 0 unspecified atom stereocenters. The lowest BCUT2D eigenvalue weighted by atomic mass is 10.2. The minimum absolute atomic E-state index is 0.0416. The van der Waals surface area contributed by atoms with E-state index in [9.17, 15) is 18.3 Å². The Bertz CT molecular complexity index is 489. The standard InChI is InChI=1S/C9H10O5S/c1-14-7-3-6(5-10)4-8(9(7)11)15(2,12)13/h3-5,11H,1-2H3. The lowest BCUT2D eigenvalue weighted by Crippen LogP contribution is -2.00. The SMILES string of the molecule is COc1cc(C=O)cc(S(C)(=O)=O)c1O. The summed E-state index contributed by atoms with van der Waals surface area (Å²) >= 11 is 0. The summed E-state index contributed by atoms with van der Waals surface area (Å²) in [6, 6.07) is 2.36. The van der Waals surface area contributed by atoms with E-state index in [-0.39, 0.29) is 16.2 Å². The third kappa shape index (κ3) is 2.27. The zero-order valence-corrected chi connectivity index (χ0v) is 9.04. The summed E-state index contributed by atoms with van der Waals surface area (Å²) in [6.07, 6.45) is 1.42. The van der Waals surface area contributed by atoms with Gasteiger partial charge in [-0.2, -0.15) is 0 Å². The molecular weight excluding hydrogens is 220 g/mol. The maximum Gasteiger partial charge on any atom is 0.179 e. The van der Waals surface area contributed by atoms with Gasteiger partial charge in [-0.1, -0.05) is 0 Å². The van der Waals surface area contributed by atoms with Crippen LogP contribution in [0.25, 0.3) is 0 Å². The van der Waals surface area contributed by atoms with Crippen LogP contribution < -0.4 is 4.74 Å². The summed E-state index contributed by atoms with van der Waals surface area (Å²) in [7, 11) is -2.31. The summed E-state index contributed by atoms with van der Waals surface area (Å²) in [6.45, 7) is 0. The van der Waals surface area contributed by atoms with Crippen molar-refractivity contribution in [2.24, 2.45) is 0 Å². The number of phenols is 1. The third-order valence-electron chi connectivity index (χ3n) is 1.82. The van der Waals surface area contributed by atoms with Crippen molar-refractivity contribution in [1.29, 1.82) is 0 Å². The number of phenolic OH excluding ortho intramolecular Hbond substituents is 1. The molecule has 1 aromatic carbocycles. The topological polar surface area (TPSA) is 80.7 Å². The molecule has 0 aliphatic carbocycles. The van der Waals surface area contributed by atoms with Gasteiger partial charge in [-0.15, -0.1) is 0 Å². The maximum absolute atomic E-state index is 11.3. The number of ether oxygens (including phenoxy) is 1. The molecule has 0 atom stereocenters. The van der Waals surface area contributed by atoms with Gasteiger partial charge in [0.05, 0.1) is 7.11 Å². The fourth-order valence-electron chi connectivity index (χ4n) is 1.11. The first-order chi connectivity index (χ1) is 6.90. The van der Waals surface area contributed by atoms with E-state index in [0.29, 0.717) is 6.29 Å². The summed E-state index contributed by atoms with van der Waals surface area (Å²) in [5, 5.41) is 9.52.